The van der Waals surface area contributed by atoms with E-state index in [-0.39, 0.29) is 12.0 Å². The molecule has 7 nitrogen and oxygen atoms in total. The molecule has 1 aliphatic heterocycles. The topological polar surface area (TPSA) is 93.9 Å². The Morgan fingerprint density at radius 1 is 1.13 bits per heavy atom. The van der Waals surface area contributed by atoms with Gasteiger partial charge in [0.1, 0.15) is 11.4 Å². The van der Waals surface area contributed by atoms with Crippen LogP contribution in [0.1, 0.15) is 68.7 Å². The molecule has 38 heavy (non-hydrogen) atoms. The Bertz CT molecular complexity index is 1060. The number of nitrogens with one attached hydrogen (secondary N) is 1. The lowest BCUT2D eigenvalue weighted by Gasteiger charge is -2.34. The quantitative estimate of drug-likeness (QED) is 0.441. The molecule has 0 spiro atoms. The van der Waals surface area contributed by atoms with Gasteiger partial charge in [-0.05, 0) is 101 Å². The normalized spacial score (nSPS) is 16.6. The third-order valence-electron chi connectivity index (χ3n) is 6.96. The van der Waals surface area contributed by atoms with Gasteiger partial charge in [0.15, 0.2) is 0 Å². The van der Waals surface area contributed by atoms with Gasteiger partial charge in [-0.25, -0.2) is 4.79 Å². The van der Waals surface area contributed by atoms with E-state index < -0.39 is 11.6 Å². The summed E-state index contributed by atoms with van der Waals surface area (Å²) in [4.78, 5) is 26.9. The fourth-order valence-electron chi connectivity index (χ4n) is 4.76. The number of likely N-dealkylation sites (tertiary alicyclic amines) is 1. The predicted octanol–water partition coefficient (Wildman–Crippen LogP) is 5.30. The molecule has 3 N–H and O–H groups in total. The van der Waals surface area contributed by atoms with E-state index in [0.29, 0.717) is 32.0 Å². The van der Waals surface area contributed by atoms with Crippen LogP contribution in [0.5, 0.6) is 5.75 Å². The van der Waals surface area contributed by atoms with Gasteiger partial charge in [-0.2, -0.15) is 0 Å². The smallest absolute Gasteiger partial charge is 0.410 e. The molecular weight excluding hydrogens is 478 g/mol. The van der Waals surface area contributed by atoms with Crippen molar-refractivity contribution in [3.63, 3.8) is 0 Å². The summed E-state index contributed by atoms with van der Waals surface area (Å²) >= 11 is 0. The van der Waals surface area contributed by atoms with Crippen LogP contribution in [0.15, 0.2) is 42.5 Å². The molecule has 0 radical (unpaired) electrons. The number of rotatable bonds is 10. The third kappa shape index (κ3) is 9.35. The average Bonchev–Trinajstić information content (AvgIpc) is 2.87. The maximum atomic E-state index is 12.6. The zero-order valence-corrected chi connectivity index (χ0v) is 23.7. The Morgan fingerprint density at radius 2 is 1.87 bits per heavy atom. The standard InChI is InChI=1S/C31H45N3O4/c1-22-18-23(2)28(37-17-15-25-12-9-16-34(21-25)30(36)38-31(3,4)5)19-26(22)20-33-29(35)27(32)14-13-24-10-7-6-8-11-24/h6-8,10-11,18-19,25,27H,9,12-17,20-21,32H2,1-5H3,(H,33,35)/t25?,27-/m0/s1. The van der Waals surface area contributed by atoms with Gasteiger partial charge in [0.2, 0.25) is 5.91 Å². The number of piperidine rings is 1. The molecule has 0 aliphatic carbocycles. The molecule has 1 heterocycles. The minimum atomic E-state index is -0.549. The highest BCUT2D eigenvalue weighted by molar-refractivity contribution is 5.81. The minimum Gasteiger partial charge on any atom is -0.493 e. The molecule has 2 amide bonds. The molecule has 1 saturated heterocycles. The summed E-state index contributed by atoms with van der Waals surface area (Å²) < 4.78 is 11.7. The van der Waals surface area contributed by atoms with Crippen LogP contribution >= 0.6 is 0 Å². The Labute approximate surface area is 228 Å². The monoisotopic (exact) mass is 523 g/mol. The molecule has 2 atom stereocenters. The maximum Gasteiger partial charge on any atom is 0.410 e. The number of carbonyl (C=O) groups is 2. The molecule has 0 bridgehead atoms. The van der Waals surface area contributed by atoms with Crippen LogP contribution in [0.4, 0.5) is 4.79 Å². The van der Waals surface area contributed by atoms with Crippen molar-refractivity contribution in [2.24, 2.45) is 11.7 Å². The molecule has 0 aromatic heterocycles. The van der Waals surface area contributed by atoms with Gasteiger partial charge in [-0.3, -0.25) is 4.79 Å². The first kappa shape index (κ1) is 29.5. The van der Waals surface area contributed by atoms with Crippen molar-refractivity contribution in [1.82, 2.24) is 10.2 Å². The van der Waals surface area contributed by atoms with E-state index in [4.69, 9.17) is 15.2 Å². The van der Waals surface area contributed by atoms with Gasteiger partial charge in [-0.15, -0.1) is 0 Å². The van der Waals surface area contributed by atoms with Crippen LogP contribution in [-0.4, -0.2) is 48.2 Å². The first-order valence-corrected chi connectivity index (χ1v) is 13.8. The molecule has 1 aliphatic rings. The minimum absolute atomic E-state index is 0.143. The zero-order valence-electron chi connectivity index (χ0n) is 23.7. The lowest BCUT2D eigenvalue weighted by Crippen LogP contribution is -2.43. The van der Waals surface area contributed by atoms with E-state index >= 15 is 0 Å². The summed E-state index contributed by atoms with van der Waals surface area (Å²) in [7, 11) is 0. The van der Waals surface area contributed by atoms with Crippen molar-refractivity contribution in [3.8, 4) is 5.75 Å². The summed E-state index contributed by atoms with van der Waals surface area (Å²) in [5, 5.41) is 2.99. The van der Waals surface area contributed by atoms with Gasteiger partial charge >= 0.3 is 6.09 Å². The fraction of sp³-hybridized carbons (Fsp3) is 0.548. The van der Waals surface area contributed by atoms with Gasteiger partial charge in [-0.1, -0.05) is 36.4 Å². The van der Waals surface area contributed by atoms with E-state index in [1.165, 1.54) is 5.56 Å². The Kier molecular flexibility index (Phi) is 10.6. The predicted molar refractivity (Wildman–Crippen MR) is 151 cm³/mol. The highest BCUT2D eigenvalue weighted by atomic mass is 16.6. The first-order chi connectivity index (χ1) is 18.0. The van der Waals surface area contributed by atoms with Crippen LogP contribution in [0, 0.1) is 19.8 Å². The summed E-state index contributed by atoms with van der Waals surface area (Å²) in [5.74, 6) is 1.07. The molecule has 7 heteroatoms. The summed E-state index contributed by atoms with van der Waals surface area (Å²) in [5.41, 5.74) is 10.0. The summed E-state index contributed by atoms with van der Waals surface area (Å²) in [6.45, 7) is 12.2. The zero-order chi connectivity index (χ0) is 27.7. The SMILES string of the molecule is Cc1cc(C)c(OCCC2CCCN(C(=O)OC(C)(C)C)C2)cc1CNC(=O)[C@@H](N)CCc1ccccc1. The number of carbonyl (C=O) groups excluding carboxylic acids is 2. The van der Waals surface area contributed by atoms with Crippen LogP contribution in [-0.2, 0) is 22.5 Å². The van der Waals surface area contributed by atoms with E-state index in [2.05, 4.69) is 11.4 Å². The Balaban J connectivity index is 1.47. The van der Waals surface area contributed by atoms with Crippen molar-refractivity contribution >= 4 is 12.0 Å². The molecule has 2 aromatic carbocycles. The van der Waals surface area contributed by atoms with Crippen molar-refractivity contribution in [2.75, 3.05) is 19.7 Å². The summed E-state index contributed by atoms with van der Waals surface area (Å²) in [6.07, 6.45) is 4.07. The van der Waals surface area contributed by atoms with E-state index in [0.717, 1.165) is 54.7 Å². The number of amides is 2. The second-order valence-corrected chi connectivity index (χ2v) is 11.5. The molecular formula is C31H45N3O4. The van der Waals surface area contributed by atoms with Gasteiger partial charge in [0, 0.05) is 19.6 Å². The molecule has 208 valence electrons. The number of hydrogen-bond donors (Lipinski definition) is 2. The molecule has 3 rings (SSSR count). The number of benzene rings is 2. The Hall–Kier alpha value is -3.06. The van der Waals surface area contributed by atoms with Gasteiger partial charge < -0.3 is 25.4 Å². The number of nitrogens with two attached hydrogens (primary N) is 1. The number of nitrogens with zero attached hydrogens (tertiary/aromatic N) is 1. The maximum absolute atomic E-state index is 12.6. The fourth-order valence-corrected chi connectivity index (χ4v) is 4.76. The van der Waals surface area contributed by atoms with E-state index in [1.54, 1.807) is 0 Å². The molecule has 0 saturated carbocycles. The summed E-state index contributed by atoms with van der Waals surface area (Å²) in [6, 6.07) is 13.6. The van der Waals surface area contributed by atoms with Crippen LogP contribution in [0.3, 0.4) is 0 Å². The third-order valence-corrected chi connectivity index (χ3v) is 6.96. The second kappa shape index (κ2) is 13.7. The van der Waals surface area contributed by atoms with Crippen LogP contribution in [0.25, 0.3) is 0 Å². The molecule has 1 fully saturated rings. The van der Waals surface area contributed by atoms with Crippen molar-refractivity contribution in [1.29, 1.82) is 0 Å². The lowest BCUT2D eigenvalue weighted by atomic mass is 9.95. The molecule has 1 unspecified atom stereocenters. The Morgan fingerprint density at radius 3 is 2.58 bits per heavy atom. The number of ether oxygens (including phenoxy) is 2. The van der Waals surface area contributed by atoms with Crippen LogP contribution in [0.2, 0.25) is 0 Å². The van der Waals surface area contributed by atoms with Crippen molar-refractivity contribution < 1.29 is 19.1 Å². The lowest BCUT2D eigenvalue weighted by molar-refractivity contribution is -0.122. The second-order valence-electron chi connectivity index (χ2n) is 11.5. The number of aryl methyl sites for hydroxylation is 3. The first-order valence-electron chi connectivity index (χ1n) is 13.8. The van der Waals surface area contributed by atoms with Gasteiger partial charge in [0.25, 0.3) is 0 Å². The van der Waals surface area contributed by atoms with E-state index in [9.17, 15) is 9.59 Å². The van der Waals surface area contributed by atoms with E-state index in [1.807, 2.05) is 75.9 Å². The van der Waals surface area contributed by atoms with Crippen molar-refractivity contribution in [3.05, 3.63) is 64.7 Å². The highest BCUT2D eigenvalue weighted by Gasteiger charge is 2.27. The average molecular weight is 524 g/mol. The number of hydrogen-bond acceptors (Lipinski definition) is 5. The van der Waals surface area contributed by atoms with Crippen LogP contribution < -0.4 is 15.8 Å². The van der Waals surface area contributed by atoms with Gasteiger partial charge in [0.05, 0.1) is 12.6 Å². The largest absolute Gasteiger partial charge is 0.493 e. The van der Waals surface area contributed by atoms with Crippen molar-refractivity contribution in [2.45, 2.75) is 84.9 Å². The molecule has 2 aromatic rings. The highest BCUT2D eigenvalue weighted by Crippen LogP contribution is 2.26.